The lowest BCUT2D eigenvalue weighted by atomic mass is 10.3. The summed E-state index contributed by atoms with van der Waals surface area (Å²) in [7, 11) is 0. The van der Waals surface area contributed by atoms with Crippen LogP contribution in [-0.2, 0) is 0 Å². The third-order valence-electron chi connectivity index (χ3n) is 1.27. The molecule has 0 aliphatic carbocycles. The van der Waals surface area contributed by atoms with Crippen molar-refractivity contribution < 1.29 is 0 Å². The minimum Gasteiger partial charge on any atom is -0.384 e. The Morgan fingerprint density at radius 1 is 1.50 bits per heavy atom. The molecule has 0 spiro atoms. The Balaban J connectivity index is 3.31. The molecule has 10 heavy (non-hydrogen) atoms. The van der Waals surface area contributed by atoms with Gasteiger partial charge in [-0.05, 0) is 13.0 Å². The van der Waals surface area contributed by atoms with E-state index in [0.29, 0.717) is 16.7 Å². The molecule has 1 aromatic rings. The molecule has 0 radical (unpaired) electrons. The highest BCUT2D eigenvalue weighted by molar-refractivity contribution is 6.31. The largest absolute Gasteiger partial charge is 0.384 e. The van der Waals surface area contributed by atoms with Crippen LogP contribution in [0.15, 0.2) is 6.07 Å². The van der Waals surface area contributed by atoms with Crippen LogP contribution < -0.4 is 11.5 Å². The van der Waals surface area contributed by atoms with Crippen LogP contribution in [0.25, 0.3) is 0 Å². The summed E-state index contributed by atoms with van der Waals surface area (Å²) in [6.07, 6.45) is 0. The van der Waals surface area contributed by atoms with Gasteiger partial charge >= 0.3 is 0 Å². The third kappa shape index (κ3) is 1.14. The number of nitrogen functional groups attached to an aromatic ring is 2. The lowest BCUT2D eigenvalue weighted by molar-refractivity contribution is 1.29. The molecule has 4 N–H and O–H groups in total. The zero-order valence-electron chi connectivity index (χ0n) is 5.56. The quantitative estimate of drug-likeness (QED) is 0.595. The fraction of sp³-hybridized carbons (Fsp3) is 0.167. The first-order chi connectivity index (χ1) is 4.61. The molecule has 1 rings (SSSR count). The van der Waals surface area contributed by atoms with Gasteiger partial charge in [-0.15, -0.1) is 0 Å². The Morgan fingerprint density at radius 3 is 2.60 bits per heavy atom. The fourth-order valence-electron chi connectivity index (χ4n) is 0.616. The SMILES string of the molecule is Cc1c(Cl)cc(N)nc1N. The molecular formula is C6H8ClN3. The minimum absolute atomic E-state index is 0.355. The van der Waals surface area contributed by atoms with E-state index in [1.165, 1.54) is 0 Å². The third-order valence-corrected chi connectivity index (χ3v) is 1.66. The minimum atomic E-state index is 0.355. The van der Waals surface area contributed by atoms with E-state index in [0.717, 1.165) is 5.56 Å². The molecule has 1 heterocycles. The second-order valence-corrected chi connectivity index (χ2v) is 2.45. The first-order valence-electron chi connectivity index (χ1n) is 2.79. The van der Waals surface area contributed by atoms with Gasteiger partial charge in [0.1, 0.15) is 11.6 Å². The average Bonchev–Trinajstić information content (AvgIpc) is 1.82. The standard InChI is InChI=1S/C6H8ClN3/c1-3-4(7)2-5(8)10-6(3)9/h2H,1H3,(H4,8,9,10). The van der Waals surface area contributed by atoms with Gasteiger partial charge in [-0.2, -0.15) is 0 Å². The van der Waals surface area contributed by atoms with Crippen LogP contribution in [0.3, 0.4) is 0 Å². The van der Waals surface area contributed by atoms with Crippen molar-refractivity contribution in [3.05, 3.63) is 16.7 Å². The predicted octanol–water partition coefficient (Wildman–Crippen LogP) is 1.21. The number of hydrogen-bond acceptors (Lipinski definition) is 3. The summed E-state index contributed by atoms with van der Waals surface area (Å²) in [6, 6.07) is 1.58. The maximum Gasteiger partial charge on any atom is 0.130 e. The number of halogens is 1. The fourth-order valence-corrected chi connectivity index (χ4v) is 0.824. The monoisotopic (exact) mass is 157 g/mol. The average molecular weight is 158 g/mol. The van der Waals surface area contributed by atoms with Gasteiger partial charge in [0.25, 0.3) is 0 Å². The van der Waals surface area contributed by atoms with Gasteiger partial charge < -0.3 is 11.5 Å². The van der Waals surface area contributed by atoms with E-state index in [-0.39, 0.29) is 0 Å². The van der Waals surface area contributed by atoms with Gasteiger partial charge in [-0.25, -0.2) is 4.98 Å². The molecule has 0 amide bonds. The van der Waals surface area contributed by atoms with Crippen molar-refractivity contribution in [2.24, 2.45) is 0 Å². The maximum absolute atomic E-state index is 5.72. The van der Waals surface area contributed by atoms with Gasteiger partial charge in [-0.1, -0.05) is 11.6 Å². The van der Waals surface area contributed by atoms with Crippen molar-refractivity contribution in [3.63, 3.8) is 0 Å². The summed E-state index contributed by atoms with van der Waals surface area (Å²) >= 11 is 5.72. The highest BCUT2D eigenvalue weighted by Gasteiger charge is 2.00. The van der Waals surface area contributed by atoms with Crippen LogP contribution in [0.4, 0.5) is 11.6 Å². The lowest BCUT2D eigenvalue weighted by Crippen LogP contribution is -1.98. The van der Waals surface area contributed by atoms with Crippen LogP contribution >= 0.6 is 11.6 Å². The van der Waals surface area contributed by atoms with E-state index in [9.17, 15) is 0 Å². The number of pyridine rings is 1. The van der Waals surface area contributed by atoms with Crippen molar-refractivity contribution in [2.45, 2.75) is 6.92 Å². The van der Waals surface area contributed by atoms with E-state index in [1.807, 2.05) is 0 Å². The van der Waals surface area contributed by atoms with E-state index >= 15 is 0 Å². The Hall–Kier alpha value is -0.960. The summed E-state index contributed by atoms with van der Waals surface area (Å²) in [4.78, 5) is 3.81. The molecule has 0 atom stereocenters. The zero-order valence-corrected chi connectivity index (χ0v) is 6.31. The molecule has 0 saturated carbocycles. The van der Waals surface area contributed by atoms with Crippen LogP contribution in [0.2, 0.25) is 5.02 Å². The molecule has 54 valence electrons. The summed E-state index contributed by atoms with van der Waals surface area (Å²) in [5.74, 6) is 0.748. The van der Waals surface area contributed by atoms with Crippen molar-refractivity contribution in [2.75, 3.05) is 11.5 Å². The Morgan fingerprint density at radius 2 is 2.10 bits per heavy atom. The highest BCUT2D eigenvalue weighted by atomic mass is 35.5. The Bertz CT molecular complexity index is 236. The Labute approximate surface area is 64.0 Å². The van der Waals surface area contributed by atoms with Gasteiger partial charge in [0.15, 0.2) is 0 Å². The second-order valence-electron chi connectivity index (χ2n) is 2.04. The summed E-state index contributed by atoms with van der Waals surface area (Å²) in [5, 5.41) is 0.560. The summed E-state index contributed by atoms with van der Waals surface area (Å²) < 4.78 is 0. The molecule has 0 aromatic carbocycles. The predicted molar refractivity (Wildman–Crippen MR) is 42.8 cm³/mol. The maximum atomic E-state index is 5.72. The molecule has 0 bridgehead atoms. The van der Waals surface area contributed by atoms with E-state index in [4.69, 9.17) is 23.1 Å². The molecule has 0 fully saturated rings. The van der Waals surface area contributed by atoms with E-state index in [2.05, 4.69) is 4.98 Å². The number of hydrogen-bond donors (Lipinski definition) is 2. The molecule has 4 heteroatoms. The number of rotatable bonds is 0. The molecule has 0 aliphatic heterocycles. The van der Waals surface area contributed by atoms with E-state index < -0.39 is 0 Å². The van der Waals surface area contributed by atoms with Crippen LogP contribution in [0.1, 0.15) is 5.56 Å². The Kier molecular flexibility index (Phi) is 1.68. The molecule has 1 aromatic heterocycles. The summed E-state index contributed by atoms with van der Waals surface area (Å²) in [6.45, 7) is 1.80. The van der Waals surface area contributed by atoms with Gasteiger partial charge in [-0.3, -0.25) is 0 Å². The van der Waals surface area contributed by atoms with Crippen LogP contribution in [0, 0.1) is 6.92 Å². The van der Waals surface area contributed by atoms with E-state index in [1.54, 1.807) is 13.0 Å². The highest BCUT2D eigenvalue weighted by Crippen LogP contribution is 2.20. The number of nitrogens with zero attached hydrogens (tertiary/aromatic N) is 1. The van der Waals surface area contributed by atoms with Crippen LogP contribution in [-0.4, -0.2) is 4.98 Å². The van der Waals surface area contributed by atoms with Crippen molar-refractivity contribution in [1.29, 1.82) is 0 Å². The normalized spacial score (nSPS) is 9.80. The number of nitrogens with two attached hydrogens (primary N) is 2. The number of aromatic nitrogens is 1. The molecule has 0 saturated heterocycles. The second kappa shape index (κ2) is 2.34. The molecule has 3 nitrogen and oxygen atoms in total. The topological polar surface area (TPSA) is 64.9 Å². The first-order valence-corrected chi connectivity index (χ1v) is 3.17. The van der Waals surface area contributed by atoms with Gasteiger partial charge in [0.2, 0.25) is 0 Å². The van der Waals surface area contributed by atoms with Gasteiger partial charge in [0.05, 0.1) is 5.02 Å². The summed E-state index contributed by atoms with van der Waals surface area (Å²) in [5.41, 5.74) is 11.6. The molecule has 0 aliphatic rings. The van der Waals surface area contributed by atoms with Crippen molar-refractivity contribution >= 4 is 23.2 Å². The van der Waals surface area contributed by atoms with Crippen molar-refractivity contribution in [3.8, 4) is 0 Å². The van der Waals surface area contributed by atoms with Gasteiger partial charge in [0, 0.05) is 5.56 Å². The molecule has 0 unspecified atom stereocenters. The molecular weight excluding hydrogens is 150 g/mol. The zero-order chi connectivity index (χ0) is 7.72. The van der Waals surface area contributed by atoms with Crippen molar-refractivity contribution in [1.82, 2.24) is 4.98 Å². The lowest BCUT2D eigenvalue weighted by Gasteiger charge is -2.01. The number of anilines is 2. The smallest absolute Gasteiger partial charge is 0.130 e. The van der Waals surface area contributed by atoms with Crippen LogP contribution in [0.5, 0.6) is 0 Å². The first kappa shape index (κ1) is 7.15.